The van der Waals surface area contributed by atoms with Gasteiger partial charge in [0.25, 0.3) is 0 Å². The van der Waals surface area contributed by atoms with E-state index in [4.69, 9.17) is 16.0 Å². The molecule has 1 nitrogen and oxygen atoms in total. The minimum absolute atomic E-state index is 0.725. The number of thiophene rings is 1. The largest absolute Gasteiger partial charge is 0.456 e. The van der Waals surface area contributed by atoms with Gasteiger partial charge >= 0.3 is 0 Å². The van der Waals surface area contributed by atoms with Gasteiger partial charge in [-0.25, -0.2) is 0 Å². The predicted molar refractivity (Wildman–Crippen MR) is 117 cm³/mol. The average Bonchev–Trinajstić information content (AvgIpc) is 3.25. The summed E-state index contributed by atoms with van der Waals surface area (Å²) in [7, 11) is 0. The van der Waals surface area contributed by atoms with Crippen molar-refractivity contribution < 1.29 is 4.42 Å². The summed E-state index contributed by atoms with van der Waals surface area (Å²) >= 11 is 8.29. The van der Waals surface area contributed by atoms with Crippen molar-refractivity contribution in [3.8, 4) is 11.1 Å². The zero-order chi connectivity index (χ0) is 18.0. The molecular weight excluding hydrogens is 372 g/mol. The maximum absolute atomic E-state index is 6.45. The first-order valence-corrected chi connectivity index (χ1v) is 10.00. The molecule has 6 aromatic rings. The van der Waals surface area contributed by atoms with Gasteiger partial charge in [-0.2, -0.15) is 0 Å². The SMILES string of the molecule is Clc1cccc2oc3ccc(-c4ccc5sc6ccccc6c5c4)cc3c12. The minimum Gasteiger partial charge on any atom is -0.456 e. The Morgan fingerprint density at radius 3 is 2.33 bits per heavy atom. The van der Waals surface area contributed by atoms with Crippen LogP contribution in [0.5, 0.6) is 0 Å². The molecule has 4 aromatic carbocycles. The zero-order valence-corrected chi connectivity index (χ0v) is 15.8. The maximum Gasteiger partial charge on any atom is 0.136 e. The second-order valence-corrected chi connectivity index (χ2v) is 8.23. The highest BCUT2D eigenvalue weighted by Crippen LogP contribution is 2.39. The van der Waals surface area contributed by atoms with Gasteiger partial charge < -0.3 is 4.42 Å². The second-order valence-electron chi connectivity index (χ2n) is 6.74. The van der Waals surface area contributed by atoms with Gasteiger partial charge in [-0.3, -0.25) is 0 Å². The van der Waals surface area contributed by atoms with E-state index in [2.05, 4.69) is 54.6 Å². The number of fused-ring (bicyclic) bond motifs is 6. The van der Waals surface area contributed by atoms with Gasteiger partial charge in [-0.05, 0) is 53.6 Å². The first-order chi connectivity index (χ1) is 13.3. The molecule has 0 amide bonds. The van der Waals surface area contributed by atoms with Gasteiger partial charge in [0.15, 0.2) is 0 Å². The molecule has 0 radical (unpaired) electrons. The van der Waals surface area contributed by atoms with Crippen molar-refractivity contribution in [2.45, 2.75) is 0 Å². The highest BCUT2D eigenvalue weighted by molar-refractivity contribution is 7.25. The van der Waals surface area contributed by atoms with Crippen LogP contribution in [0.2, 0.25) is 5.02 Å². The van der Waals surface area contributed by atoms with Gasteiger partial charge in [-0.15, -0.1) is 11.3 Å². The molecule has 0 bridgehead atoms. The van der Waals surface area contributed by atoms with Crippen LogP contribution in [0.3, 0.4) is 0 Å². The lowest BCUT2D eigenvalue weighted by atomic mass is 10.0. The molecule has 3 heteroatoms. The molecule has 0 spiro atoms. The Morgan fingerprint density at radius 2 is 1.41 bits per heavy atom. The molecule has 27 heavy (non-hydrogen) atoms. The third-order valence-electron chi connectivity index (χ3n) is 5.15. The number of hydrogen-bond donors (Lipinski definition) is 0. The molecule has 0 N–H and O–H groups in total. The summed E-state index contributed by atoms with van der Waals surface area (Å²) < 4.78 is 8.60. The molecule has 0 aliphatic carbocycles. The fourth-order valence-corrected chi connectivity index (χ4v) is 5.22. The molecule has 0 fully saturated rings. The summed E-state index contributed by atoms with van der Waals surface area (Å²) in [5.41, 5.74) is 4.06. The molecule has 2 heterocycles. The van der Waals surface area contributed by atoms with Gasteiger partial charge in [0, 0.05) is 30.9 Å². The summed E-state index contributed by atoms with van der Waals surface area (Å²) in [6.07, 6.45) is 0. The second kappa shape index (κ2) is 5.59. The van der Waals surface area contributed by atoms with Crippen molar-refractivity contribution in [1.29, 1.82) is 0 Å². The van der Waals surface area contributed by atoms with Crippen LogP contribution in [-0.2, 0) is 0 Å². The summed E-state index contributed by atoms with van der Waals surface area (Å²) in [6.45, 7) is 0. The first kappa shape index (κ1) is 15.3. The monoisotopic (exact) mass is 384 g/mol. The number of rotatable bonds is 1. The normalized spacial score (nSPS) is 11.9. The number of benzene rings is 4. The smallest absolute Gasteiger partial charge is 0.136 e. The molecule has 128 valence electrons. The van der Waals surface area contributed by atoms with E-state index in [1.54, 1.807) is 0 Å². The Bertz CT molecular complexity index is 1490. The molecule has 0 unspecified atom stereocenters. The summed E-state index contributed by atoms with van der Waals surface area (Å²) in [4.78, 5) is 0. The van der Waals surface area contributed by atoms with Crippen LogP contribution < -0.4 is 0 Å². The quantitative estimate of drug-likeness (QED) is 0.278. The average molecular weight is 385 g/mol. The lowest BCUT2D eigenvalue weighted by Crippen LogP contribution is -1.78. The van der Waals surface area contributed by atoms with E-state index in [0.717, 1.165) is 27.0 Å². The van der Waals surface area contributed by atoms with Crippen LogP contribution in [0.1, 0.15) is 0 Å². The third kappa shape index (κ3) is 2.24. The van der Waals surface area contributed by atoms with Gasteiger partial charge in [0.1, 0.15) is 11.2 Å². The number of furan rings is 1. The lowest BCUT2D eigenvalue weighted by Gasteiger charge is -2.03. The van der Waals surface area contributed by atoms with E-state index in [1.807, 2.05) is 35.6 Å². The van der Waals surface area contributed by atoms with Crippen LogP contribution in [0, 0.1) is 0 Å². The summed E-state index contributed by atoms with van der Waals surface area (Å²) in [5, 5.41) is 5.39. The fourth-order valence-electron chi connectivity index (χ4n) is 3.87. The molecule has 0 saturated carbocycles. The first-order valence-electron chi connectivity index (χ1n) is 8.80. The van der Waals surface area contributed by atoms with Crippen LogP contribution in [0.25, 0.3) is 53.2 Å². The van der Waals surface area contributed by atoms with Crippen molar-refractivity contribution in [2.75, 3.05) is 0 Å². The molecule has 0 atom stereocenters. The molecule has 2 aromatic heterocycles. The van der Waals surface area contributed by atoms with Gasteiger partial charge in [0.2, 0.25) is 0 Å². The van der Waals surface area contributed by atoms with Crippen molar-refractivity contribution in [1.82, 2.24) is 0 Å². The van der Waals surface area contributed by atoms with E-state index in [1.165, 1.54) is 31.3 Å². The Balaban J connectivity index is 1.62. The van der Waals surface area contributed by atoms with E-state index in [0.29, 0.717) is 0 Å². The maximum atomic E-state index is 6.45. The van der Waals surface area contributed by atoms with E-state index >= 15 is 0 Å². The molecule has 0 aliphatic rings. The van der Waals surface area contributed by atoms with Gasteiger partial charge in [0.05, 0.1) is 5.02 Å². The Labute approximate surface area is 164 Å². The number of halogens is 1. The van der Waals surface area contributed by atoms with Crippen LogP contribution in [0.4, 0.5) is 0 Å². The molecule has 0 saturated heterocycles. The predicted octanol–water partition coefficient (Wildman–Crippen LogP) is 8.27. The third-order valence-corrected chi connectivity index (χ3v) is 6.62. The Hall–Kier alpha value is -2.81. The van der Waals surface area contributed by atoms with Crippen molar-refractivity contribution in [2.24, 2.45) is 0 Å². The summed E-state index contributed by atoms with van der Waals surface area (Å²) in [6, 6.07) is 27.4. The topological polar surface area (TPSA) is 13.1 Å². The molecule has 6 rings (SSSR count). The van der Waals surface area contributed by atoms with Crippen LogP contribution >= 0.6 is 22.9 Å². The Kier molecular flexibility index (Phi) is 3.16. The summed E-state index contributed by atoms with van der Waals surface area (Å²) in [5.74, 6) is 0. The molecule has 0 aliphatic heterocycles. The lowest BCUT2D eigenvalue weighted by molar-refractivity contribution is 0.669. The minimum atomic E-state index is 0.725. The zero-order valence-electron chi connectivity index (χ0n) is 14.2. The van der Waals surface area contributed by atoms with Crippen molar-refractivity contribution in [3.05, 3.63) is 83.9 Å². The Morgan fingerprint density at radius 1 is 0.630 bits per heavy atom. The highest BCUT2D eigenvalue weighted by atomic mass is 35.5. The van der Waals surface area contributed by atoms with Crippen LogP contribution in [-0.4, -0.2) is 0 Å². The van der Waals surface area contributed by atoms with E-state index in [9.17, 15) is 0 Å². The number of hydrogen-bond acceptors (Lipinski definition) is 2. The fraction of sp³-hybridized carbons (Fsp3) is 0. The van der Waals surface area contributed by atoms with Crippen molar-refractivity contribution >= 4 is 65.0 Å². The van der Waals surface area contributed by atoms with Gasteiger partial charge in [-0.1, -0.05) is 48.0 Å². The van der Waals surface area contributed by atoms with E-state index in [-0.39, 0.29) is 0 Å². The standard InChI is InChI=1S/C24H13ClOS/c25-19-5-3-6-21-24(19)18-13-14(8-10-20(18)26-21)15-9-11-23-17(12-15)16-4-1-2-7-22(16)27-23/h1-13H. The van der Waals surface area contributed by atoms with Crippen molar-refractivity contribution in [3.63, 3.8) is 0 Å². The van der Waals surface area contributed by atoms with E-state index < -0.39 is 0 Å². The molecular formula is C24H13ClOS. The van der Waals surface area contributed by atoms with Crippen LogP contribution in [0.15, 0.2) is 83.3 Å². The highest BCUT2D eigenvalue weighted by Gasteiger charge is 2.12.